The molecule has 6 heteroatoms. The van der Waals surface area contributed by atoms with E-state index in [4.69, 9.17) is 9.72 Å². The number of imidazole rings is 1. The van der Waals surface area contributed by atoms with Gasteiger partial charge in [-0.25, -0.2) is 4.98 Å². The number of fused-ring (bicyclic) bond motifs is 1. The van der Waals surface area contributed by atoms with Crippen LogP contribution in [0.1, 0.15) is 30.0 Å². The molecule has 0 atom stereocenters. The average Bonchev–Trinajstić information content (AvgIpc) is 3.24. The second-order valence-electron chi connectivity index (χ2n) is 8.69. The minimum absolute atomic E-state index is 0.0386. The van der Waals surface area contributed by atoms with Gasteiger partial charge in [0.15, 0.2) is 6.61 Å². The fourth-order valence-electron chi connectivity index (χ4n) is 4.53. The highest BCUT2D eigenvalue weighted by molar-refractivity contribution is 5.90. The number of hydrogen-bond acceptors (Lipinski definition) is 4. The number of amides is 1. The van der Waals surface area contributed by atoms with Crippen LogP contribution in [0.15, 0.2) is 67.0 Å². The van der Waals surface area contributed by atoms with Gasteiger partial charge in [-0.05, 0) is 37.5 Å². The van der Waals surface area contributed by atoms with Gasteiger partial charge in [0.05, 0.1) is 17.5 Å². The third-order valence-corrected chi connectivity index (χ3v) is 6.49. The first kappa shape index (κ1) is 21.2. The standard InChI is InChI=1S/C27H28N4O2/c1-19-8-6-7-11-24(19)33-17-25(32)31-14-12-20(13-15-31)22-16-23-27(28-18-30(23)2)26(29-22)21-9-4-3-5-10-21/h3-11,16,18,20H,12-15,17H2,1-2H3. The van der Waals surface area contributed by atoms with Gasteiger partial charge < -0.3 is 14.2 Å². The lowest BCUT2D eigenvalue weighted by molar-refractivity contribution is -0.134. The predicted octanol–water partition coefficient (Wildman–Crippen LogP) is 4.73. The van der Waals surface area contributed by atoms with Gasteiger partial charge in [0.2, 0.25) is 0 Å². The SMILES string of the molecule is Cc1ccccc1OCC(=O)N1CCC(c2cc3c(ncn3C)c(-c3ccccc3)n2)CC1. The van der Waals surface area contributed by atoms with Crippen molar-refractivity contribution in [3.05, 3.63) is 78.2 Å². The van der Waals surface area contributed by atoms with Gasteiger partial charge in [0.25, 0.3) is 5.91 Å². The molecule has 0 bridgehead atoms. The summed E-state index contributed by atoms with van der Waals surface area (Å²) in [4.78, 5) is 24.3. The zero-order chi connectivity index (χ0) is 22.8. The molecule has 1 saturated heterocycles. The molecule has 5 rings (SSSR count). The number of nitrogens with zero attached hydrogens (tertiary/aromatic N) is 4. The molecular weight excluding hydrogens is 412 g/mol. The third-order valence-electron chi connectivity index (χ3n) is 6.49. The quantitative estimate of drug-likeness (QED) is 0.450. The van der Waals surface area contributed by atoms with Crippen LogP contribution in [-0.2, 0) is 11.8 Å². The molecule has 168 valence electrons. The van der Waals surface area contributed by atoms with E-state index < -0.39 is 0 Å². The van der Waals surface area contributed by atoms with E-state index in [-0.39, 0.29) is 12.5 Å². The Bertz CT molecular complexity index is 1270. The number of para-hydroxylation sites is 1. The number of ether oxygens (including phenoxy) is 1. The van der Waals surface area contributed by atoms with E-state index in [9.17, 15) is 4.79 Å². The summed E-state index contributed by atoms with van der Waals surface area (Å²) in [5.74, 6) is 1.12. The number of rotatable bonds is 5. The second-order valence-corrected chi connectivity index (χ2v) is 8.69. The highest BCUT2D eigenvalue weighted by atomic mass is 16.5. The number of hydrogen-bond donors (Lipinski definition) is 0. The van der Waals surface area contributed by atoms with Crippen molar-refractivity contribution in [2.45, 2.75) is 25.7 Å². The van der Waals surface area contributed by atoms with Crippen LogP contribution in [0.5, 0.6) is 5.75 Å². The molecule has 0 saturated carbocycles. The predicted molar refractivity (Wildman–Crippen MR) is 129 cm³/mol. The van der Waals surface area contributed by atoms with E-state index in [0.717, 1.165) is 52.1 Å². The third kappa shape index (κ3) is 4.33. The summed E-state index contributed by atoms with van der Waals surface area (Å²) < 4.78 is 7.82. The summed E-state index contributed by atoms with van der Waals surface area (Å²) in [7, 11) is 2.02. The zero-order valence-corrected chi connectivity index (χ0v) is 19.1. The molecule has 0 aliphatic carbocycles. The molecule has 2 aromatic carbocycles. The van der Waals surface area contributed by atoms with Crippen molar-refractivity contribution in [2.75, 3.05) is 19.7 Å². The number of likely N-dealkylation sites (tertiary alicyclic amines) is 1. The average molecular weight is 441 g/mol. The lowest BCUT2D eigenvalue weighted by Crippen LogP contribution is -2.40. The molecule has 1 amide bonds. The Kier molecular flexibility index (Phi) is 5.82. The lowest BCUT2D eigenvalue weighted by Gasteiger charge is -2.32. The van der Waals surface area contributed by atoms with Gasteiger partial charge in [-0.15, -0.1) is 0 Å². The smallest absolute Gasteiger partial charge is 0.260 e. The topological polar surface area (TPSA) is 60.2 Å². The van der Waals surface area contributed by atoms with Crippen LogP contribution in [0.25, 0.3) is 22.3 Å². The van der Waals surface area contributed by atoms with Crippen LogP contribution in [0, 0.1) is 6.92 Å². The normalized spacial score (nSPS) is 14.5. The van der Waals surface area contributed by atoms with Gasteiger partial charge in [-0.3, -0.25) is 9.78 Å². The summed E-state index contributed by atoms with van der Waals surface area (Å²) in [6.45, 7) is 3.49. The number of benzene rings is 2. The number of carbonyl (C=O) groups excluding carboxylic acids is 1. The van der Waals surface area contributed by atoms with Crippen molar-refractivity contribution in [3.8, 4) is 17.0 Å². The first-order valence-corrected chi connectivity index (χ1v) is 11.4. The van der Waals surface area contributed by atoms with Crippen LogP contribution in [0.3, 0.4) is 0 Å². The Hall–Kier alpha value is -3.67. The van der Waals surface area contributed by atoms with Crippen molar-refractivity contribution in [3.63, 3.8) is 0 Å². The molecule has 1 aliphatic heterocycles. The van der Waals surface area contributed by atoms with Gasteiger partial charge in [-0.1, -0.05) is 48.5 Å². The fraction of sp³-hybridized carbons (Fsp3) is 0.296. The number of pyridine rings is 1. The van der Waals surface area contributed by atoms with Crippen molar-refractivity contribution >= 4 is 16.9 Å². The molecular formula is C27H28N4O2. The largest absolute Gasteiger partial charge is 0.484 e. The van der Waals surface area contributed by atoms with Gasteiger partial charge in [0, 0.05) is 37.3 Å². The van der Waals surface area contributed by atoms with E-state index in [2.05, 4.69) is 27.8 Å². The molecule has 33 heavy (non-hydrogen) atoms. The first-order valence-electron chi connectivity index (χ1n) is 11.4. The summed E-state index contributed by atoms with van der Waals surface area (Å²) in [5, 5.41) is 0. The van der Waals surface area contributed by atoms with E-state index in [1.54, 1.807) is 0 Å². The van der Waals surface area contributed by atoms with Crippen molar-refractivity contribution in [1.82, 2.24) is 19.4 Å². The molecule has 3 heterocycles. The Balaban J connectivity index is 1.30. The van der Waals surface area contributed by atoms with Crippen molar-refractivity contribution in [2.24, 2.45) is 7.05 Å². The number of carbonyl (C=O) groups is 1. The minimum Gasteiger partial charge on any atom is -0.484 e. The summed E-state index contributed by atoms with van der Waals surface area (Å²) >= 11 is 0. The maximum atomic E-state index is 12.7. The maximum absolute atomic E-state index is 12.7. The summed E-state index contributed by atoms with van der Waals surface area (Å²) in [6, 6.07) is 20.2. The van der Waals surface area contributed by atoms with Crippen LogP contribution >= 0.6 is 0 Å². The Labute approximate surface area is 193 Å². The van der Waals surface area contributed by atoms with E-state index in [0.29, 0.717) is 19.0 Å². The molecule has 6 nitrogen and oxygen atoms in total. The molecule has 0 radical (unpaired) electrons. The molecule has 4 aromatic rings. The highest BCUT2D eigenvalue weighted by Gasteiger charge is 2.26. The molecule has 1 aliphatic rings. The van der Waals surface area contributed by atoms with Crippen molar-refractivity contribution < 1.29 is 9.53 Å². The van der Waals surface area contributed by atoms with Gasteiger partial charge in [-0.2, -0.15) is 0 Å². The fourth-order valence-corrected chi connectivity index (χ4v) is 4.53. The van der Waals surface area contributed by atoms with E-state index in [1.165, 1.54) is 0 Å². The molecule has 0 spiro atoms. The lowest BCUT2D eigenvalue weighted by atomic mass is 9.92. The van der Waals surface area contributed by atoms with Crippen LogP contribution in [0.2, 0.25) is 0 Å². The summed E-state index contributed by atoms with van der Waals surface area (Å²) in [5.41, 5.74) is 6.12. The van der Waals surface area contributed by atoms with Gasteiger partial charge >= 0.3 is 0 Å². The van der Waals surface area contributed by atoms with E-state index >= 15 is 0 Å². The Morgan fingerprint density at radius 3 is 2.55 bits per heavy atom. The Morgan fingerprint density at radius 1 is 1.06 bits per heavy atom. The number of aryl methyl sites for hydroxylation is 2. The van der Waals surface area contributed by atoms with Gasteiger partial charge in [0.1, 0.15) is 11.3 Å². The van der Waals surface area contributed by atoms with E-state index in [1.807, 2.05) is 67.7 Å². The van der Waals surface area contributed by atoms with Crippen LogP contribution < -0.4 is 4.74 Å². The maximum Gasteiger partial charge on any atom is 0.260 e. The van der Waals surface area contributed by atoms with Crippen LogP contribution in [-0.4, -0.2) is 45.0 Å². The number of aromatic nitrogens is 3. The molecule has 1 fully saturated rings. The van der Waals surface area contributed by atoms with Crippen molar-refractivity contribution in [1.29, 1.82) is 0 Å². The monoisotopic (exact) mass is 440 g/mol. The summed E-state index contributed by atoms with van der Waals surface area (Å²) in [6.07, 6.45) is 3.62. The second kappa shape index (κ2) is 9.06. The first-order chi connectivity index (χ1) is 16.1. The van der Waals surface area contributed by atoms with Crippen LogP contribution in [0.4, 0.5) is 0 Å². The minimum atomic E-state index is 0.0386. The molecule has 0 N–H and O–H groups in total. The zero-order valence-electron chi connectivity index (χ0n) is 19.1. The Morgan fingerprint density at radius 2 is 1.79 bits per heavy atom. The number of piperidine rings is 1. The molecule has 0 unspecified atom stereocenters. The molecule has 2 aromatic heterocycles. The highest BCUT2D eigenvalue weighted by Crippen LogP contribution is 2.33.